The Hall–Kier alpha value is -0.500. The van der Waals surface area contributed by atoms with Crippen molar-refractivity contribution in [3.05, 3.63) is 29.3 Å². The molecular weight excluding hydrogens is 312 g/mol. The van der Waals surface area contributed by atoms with E-state index >= 15 is 0 Å². The molecule has 1 atom stereocenters. The van der Waals surface area contributed by atoms with Crippen LogP contribution in [0.15, 0.2) is 18.2 Å². The molecule has 2 rings (SSSR count). The fraction of sp³-hybridized carbons (Fsp3) is 0.667. The van der Waals surface area contributed by atoms with Gasteiger partial charge >= 0.3 is 0 Å². The highest BCUT2D eigenvalue weighted by molar-refractivity contribution is 9.09. The van der Waals surface area contributed by atoms with Gasteiger partial charge in [-0.05, 0) is 23.6 Å². The van der Waals surface area contributed by atoms with Gasteiger partial charge in [-0.3, -0.25) is 0 Å². The Morgan fingerprint density at radius 3 is 2.65 bits per heavy atom. The summed E-state index contributed by atoms with van der Waals surface area (Å²) in [6.07, 6.45) is 12.0. The number of unbranched alkanes of at least 4 members (excludes halogenated alkanes) is 6. The number of hydrogen-bond acceptors (Lipinski definition) is 1. The third-order valence-corrected chi connectivity index (χ3v) is 5.12. The van der Waals surface area contributed by atoms with Gasteiger partial charge in [-0.1, -0.05) is 79.9 Å². The second kappa shape index (κ2) is 8.71. The molecule has 112 valence electrons. The van der Waals surface area contributed by atoms with Gasteiger partial charge in [0, 0.05) is 11.2 Å². The van der Waals surface area contributed by atoms with Crippen molar-refractivity contribution < 1.29 is 4.74 Å². The van der Waals surface area contributed by atoms with Crippen LogP contribution in [-0.4, -0.2) is 6.61 Å². The van der Waals surface area contributed by atoms with Crippen LogP contribution in [0.2, 0.25) is 0 Å². The summed E-state index contributed by atoms with van der Waals surface area (Å²) in [4.78, 5) is 0.504. The number of fused-ring (bicyclic) bond motifs is 1. The normalized spacial score (nSPS) is 14.9. The molecule has 1 unspecified atom stereocenters. The summed E-state index contributed by atoms with van der Waals surface area (Å²) < 4.78 is 5.56. The van der Waals surface area contributed by atoms with Gasteiger partial charge in [0.2, 0.25) is 0 Å². The van der Waals surface area contributed by atoms with Crippen molar-refractivity contribution in [1.29, 1.82) is 0 Å². The first-order chi connectivity index (χ1) is 9.81. The van der Waals surface area contributed by atoms with Crippen LogP contribution in [0.1, 0.15) is 74.2 Å². The Kier molecular flexibility index (Phi) is 6.92. The quantitative estimate of drug-likeness (QED) is 0.384. The molecule has 0 aromatic heterocycles. The van der Waals surface area contributed by atoms with Gasteiger partial charge in [-0.15, -0.1) is 0 Å². The molecule has 0 saturated carbocycles. The topological polar surface area (TPSA) is 9.23 Å². The Labute approximate surface area is 132 Å². The van der Waals surface area contributed by atoms with E-state index < -0.39 is 0 Å². The highest BCUT2D eigenvalue weighted by Crippen LogP contribution is 2.33. The molecule has 0 N–H and O–H groups in total. The number of halogens is 1. The van der Waals surface area contributed by atoms with E-state index in [0.29, 0.717) is 4.83 Å². The van der Waals surface area contributed by atoms with Crippen LogP contribution in [0, 0.1) is 0 Å². The van der Waals surface area contributed by atoms with E-state index in [-0.39, 0.29) is 0 Å². The van der Waals surface area contributed by atoms with Gasteiger partial charge in [0.1, 0.15) is 5.75 Å². The van der Waals surface area contributed by atoms with Gasteiger partial charge in [0.25, 0.3) is 0 Å². The molecule has 20 heavy (non-hydrogen) atoms. The maximum atomic E-state index is 5.56. The predicted molar refractivity (Wildman–Crippen MR) is 89.9 cm³/mol. The summed E-state index contributed by atoms with van der Waals surface area (Å²) in [5.74, 6) is 1.09. The lowest BCUT2D eigenvalue weighted by Crippen LogP contribution is -1.92. The molecule has 1 aliphatic rings. The Morgan fingerprint density at radius 1 is 1.10 bits per heavy atom. The van der Waals surface area contributed by atoms with Crippen molar-refractivity contribution in [2.75, 3.05) is 6.61 Å². The SMILES string of the molecule is CCCCCCCCCC(Br)c1ccc2c(c1)CCO2. The lowest BCUT2D eigenvalue weighted by atomic mass is 10.0. The molecule has 1 aromatic rings. The smallest absolute Gasteiger partial charge is 0.122 e. The van der Waals surface area contributed by atoms with Crippen LogP contribution in [0.5, 0.6) is 5.75 Å². The molecule has 0 aliphatic carbocycles. The van der Waals surface area contributed by atoms with Crippen LogP contribution in [-0.2, 0) is 6.42 Å². The highest BCUT2D eigenvalue weighted by Gasteiger charge is 2.15. The van der Waals surface area contributed by atoms with Crippen molar-refractivity contribution in [1.82, 2.24) is 0 Å². The van der Waals surface area contributed by atoms with E-state index in [1.165, 1.54) is 62.5 Å². The minimum Gasteiger partial charge on any atom is -0.493 e. The average molecular weight is 339 g/mol. The Balaban J connectivity index is 1.66. The summed E-state index contributed by atoms with van der Waals surface area (Å²) in [6, 6.07) is 6.67. The maximum Gasteiger partial charge on any atom is 0.122 e. The summed E-state index contributed by atoms with van der Waals surface area (Å²) in [5, 5.41) is 0. The zero-order valence-corrected chi connectivity index (χ0v) is 14.3. The molecule has 0 fully saturated rings. The number of ether oxygens (including phenoxy) is 1. The monoisotopic (exact) mass is 338 g/mol. The minimum atomic E-state index is 0.504. The molecule has 0 saturated heterocycles. The Morgan fingerprint density at radius 2 is 1.85 bits per heavy atom. The number of hydrogen-bond donors (Lipinski definition) is 0. The van der Waals surface area contributed by atoms with Crippen molar-refractivity contribution in [3.63, 3.8) is 0 Å². The van der Waals surface area contributed by atoms with E-state index in [1.54, 1.807) is 0 Å². The number of alkyl halides is 1. The molecule has 0 spiro atoms. The number of rotatable bonds is 9. The third-order valence-electron chi connectivity index (χ3n) is 4.14. The minimum absolute atomic E-state index is 0.504. The van der Waals surface area contributed by atoms with Crippen molar-refractivity contribution in [2.24, 2.45) is 0 Å². The first-order valence-corrected chi connectivity index (χ1v) is 9.12. The molecular formula is C18H27BrO. The van der Waals surface area contributed by atoms with E-state index in [2.05, 4.69) is 41.1 Å². The van der Waals surface area contributed by atoms with Crippen LogP contribution >= 0.6 is 15.9 Å². The van der Waals surface area contributed by atoms with Gasteiger partial charge in [0.15, 0.2) is 0 Å². The maximum absolute atomic E-state index is 5.56. The largest absolute Gasteiger partial charge is 0.493 e. The van der Waals surface area contributed by atoms with E-state index in [9.17, 15) is 0 Å². The zero-order valence-electron chi connectivity index (χ0n) is 12.7. The Bertz CT molecular complexity index is 402. The second-order valence-electron chi connectivity index (χ2n) is 5.84. The fourth-order valence-electron chi connectivity index (χ4n) is 2.85. The molecule has 0 radical (unpaired) electrons. The summed E-state index contributed by atoms with van der Waals surface area (Å²) in [6.45, 7) is 3.13. The van der Waals surface area contributed by atoms with E-state index in [1.807, 2.05) is 0 Å². The van der Waals surface area contributed by atoms with Crippen molar-refractivity contribution in [3.8, 4) is 5.75 Å². The third kappa shape index (κ3) is 4.80. The van der Waals surface area contributed by atoms with Crippen molar-refractivity contribution >= 4 is 15.9 Å². The van der Waals surface area contributed by atoms with Gasteiger partial charge in [0.05, 0.1) is 6.61 Å². The molecule has 1 heterocycles. The van der Waals surface area contributed by atoms with Gasteiger partial charge < -0.3 is 4.74 Å². The number of benzene rings is 1. The van der Waals surface area contributed by atoms with Crippen LogP contribution in [0.25, 0.3) is 0 Å². The first kappa shape index (κ1) is 15.9. The summed E-state index contributed by atoms with van der Waals surface area (Å²) in [7, 11) is 0. The molecule has 1 aliphatic heterocycles. The fourth-order valence-corrected chi connectivity index (χ4v) is 3.46. The second-order valence-corrected chi connectivity index (χ2v) is 6.95. The lowest BCUT2D eigenvalue weighted by Gasteiger charge is -2.11. The van der Waals surface area contributed by atoms with E-state index in [0.717, 1.165) is 18.8 Å². The average Bonchev–Trinajstić information content (AvgIpc) is 2.93. The highest BCUT2D eigenvalue weighted by atomic mass is 79.9. The molecule has 0 bridgehead atoms. The zero-order chi connectivity index (χ0) is 14.2. The molecule has 0 amide bonds. The van der Waals surface area contributed by atoms with Gasteiger partial charge in [-0.25, -0.2) is 0 Å². The molecule has 1 aromatic carbocycles. The lowest BCUT2D eigenvalue weighted by molar-refractivity contribution is 0.357. The van der Waals surface area contributed by atoms with E-state index in [4.69, 9.17) is 4.74 Å². The summed E-state index contributed by atoms with van der Waals surface area (Å²) >= 11 is 3.85. The van der Waals surface area contributed by atoms with Crippen molar-refractivity contribution in [2.45, 2.75) is 69.5 Å². The van der Waals surface area contributed by atoms with Crippen LogP contribution < -0.4 is 4.74 Å². The van der Waals surface area contributed by atoms with Gasteiger partial charge in [-0.2, -0.15) is 0 Å². The van der Waals surface area contributed by atoms with Crippen LogP contribution in [0.3, 0.4) is 0 Å². The first-order valence-electron chi connectivity index (χ1n) is 8.21. The van der Waals surface area contributed by atoms with Crippen LogP contribution in [0.4, 0.5) is 0 Å². The molecule has 2 heteroatoms. The predicted octanol–water partition coefficient (Wildman–Crippen LogP) is 6.20. The summed E-state index contributed by atoms with van der Waals surface area (Å²) in [5.41, 5.74) is 2.80. The molecule has 1 nitrogen and oxygen atoms in total. The standard InChI is InChI=1S/C18H27BrO/c1-2-3-4-5-6-7-8-9-17(19)15-10-11-18-16(14-15)12-13-20-18/h10-11,14,17H,2-9,12-13H2,1H3.